The van der Waals surface area contributed by atoms with Crippen molar-refractivity contribution in [3.63, 3.8) is 0 Å². The molecule has 0 amide bonds. The number of hydrogen-bond donors (Lipinski definition) is 0. The van der Waals surface area contributed by atoms with Crippen LogP contribution in [0, 0.1) is 31.6 Å². The van der Waals surface area contributed by atoms with Gasteiger partial charge in [-0.25, -0.2) is 9.79 Å². The molecule has 0 bridgehead atoms. The molecule has 0 N–H and O–H groups in total. The maximum Gasteiger partial charge on any atom is 0.364 e. The van der Waals surface area contributed by atoms with Crippen LogP contribution in [0.3, 0.4) is 0 Å². The number of aliphatic imine (C=N–C) groups is 1. The highest BCUT2D eigenvalue weighted by molar-refractivity contribution is 7.99. The summed E-state index contributed by atoms with van der Waals surface area (Å²) in [5.74, 6) is -2.15. The number of thioether (sulfide) groups is 1. The Hall–Kier alpha value is -3.70. The summed E-state index contributed by atoms with van der Waals surface area (Å²) in [6, 6.07) is 5.05. The van der Waals surface area contributed by atoms with E-state index in [0.717, 1.165) is 29.0 Å². The SMILES string of the molecule is CCOC(=O)C1=NC(SC)N(OC)C(Oc2cc(C#N)ccc2[N+](=O)[O-])=C1[N+](=O)[O-]. The third kappa shape index (κ3) is 4.47. The summed E-state index contributed by atoms with van der Waals surface area (Å²) in [6.45, 7) is 1.45. The highest BCUT2D eigenvalue weighted by atomic mass is 32.2. The highest BCUT2D eigenvalue weighted by Crippen LogP contribution is 2.35. The second kappa shape index (κ2) is 9.67. The second-order valence-electron chi connectivity index (χ2n) is 5.33. The summed E-state index contributed by atoms with van der Waals surface area (Å²) >= 11 is 1.05. The molecule has 1 unspecified atom stereocenters. The molecule has 2 rings (SSSR count). The van der Waals surface area contributed by atoms with Crippen molar-refractivity contribution in [2.45, 2.75) is 12.4 Å². The van der Waals surface area contributed by atoms with Gasteiger partial charge in [0.25, 0.3) is 0 Å². The van der Waals surface area contributed by atoms with Gasteiger partial charge >= 0.3 is 23.2 Å². The minimum absolute atomic E-state index is 0.0133. The Kier molecular flexibility index (Phi) is 7.28. The Balaban J connectivity index is 2.73. The fourth-order valence-corrected chi connectivity index (χ4v) is 2.96. The van der Waals surface area contributed by atoms with Gasteiger partial charge in [0.05, 0.1) is 35.2 Å². The maximum atomic E-state index is 12.3. The van der Waals surface area contributed by atoms with Crippen LogP contribution in [0.5, 0.6) is 5.75 Å². The molecule has 0 fully saturated rings. The van der Waals surface area contributed by atoms with Gasteiger partial charge in [0.1, 0.15) is 0 Å². The number of ether oxygens (including phenoxy) is 2. The van der Waals surface area contributed by atoms with Crippen LogP contribution in [0.4, 0.5) is 5.69 Å². The molecule has 13 nitrogen and oxygen atoms in total. The first-order valence-corrected chi connectivity index (χ1v) is 9.44. The molecule has 0 aromatic heterocycles. The summed E-state index contributed by atoms with van der Waals surface area (Å²) in [5, 5.41) is 33.1. The van der Waals surface area contributed by atoms with Gasteiger partial charge in [-0.2, -0.15) is 10.3 Å². The predicted molar refractivity (Wildman–Crippen MR) is 103 cm³/mol. The molecule has 158 valence electrons. The van der Waals surface area contributed by atoms with Crippen LogP contribution in [-0.2, 0) is 14.4 Å². The summed E-state index contributed by atoms with van der Waals surface area (Å²) in [5.41, 5.74) is -3.08. The zero-order chi connectivity index (χ0) is 22.4. The maximum absolute atomic E-state index is 12.3. The van der Waals surface area contributed by atoms with E-state index in [0.29, 0.717) is 0 Å². The van der Waals surface area contributed by atoms with Gasteiger partial charge in [0.2, 0.25) is 11.5 Å². The summed E-state index contributed by atoms with van der Waals surface area (Å²) in [6.07, 6.45) is 1.59. The number of nitriles is 1. The van der Waals surface area contributed by atoms with Crippen LogP contribution < -0.4 is 4.74 Å². The van der Waals surface area contributed by atoms with Gasteiger partial charge in [-0.05, 0) is 19.2 Å². The molecule has 0 aliphatic carbocycles. The number of benzene rings is 1. The summed E-state index contributed by atoms with van der Waals surface area (Å²) < 4.78 is 10.3. The Morgan fingerprint density at radius 3 is 2.57 bits per heavy atom. The third-order valence-electron chi connectivity index (χ3n) is 3.62. The van der Waals surface area contributed by atoms with Crippen molar-refractivity contribution in [1.29, 1.82) is 5.26 Å². The molecule has 1 aromatic carbocycles. The van der Waals surface area contributed by atoms with E-state index >= 15 is 0 Å². The van der Waals surface area contributed by atoms with Crippen LogP contribution >= 0.6 is 11.8 Å². The highest BCUT2D eigenvalue weighted by Gasteiger charge is 2.44. The van der Waals surface area contributed by atoms with Crippen molar-refractivity contribution in [2.24, 2.45) is 4.99 Å². The topological polar surface area (TPSA) is 170 Å². The van der Waals surface area contributed by atoms with Crippen LogP contribution in [0.1, 0.15) is 12.5 Å². The molecule has 14 heteroatoms. The molecule has 0 spiro atoms. The zero-order valence-corrected chi connectivity index (χ0v) is 16.7. The molecule has 0 radical (unpaired) electrons. The Labute approximate surface area is 173 Å². The molecule has 1 heterocycles. The first-order valence-electron chi connectivity index (χ1n) is 8.15. The van der Waals surface area contributed by atoms with Crippen LogP contribution in [-0.4, -0.2) is 52.1 Å². The van der Waals surface area contributed by atoms with Crippen LogP contribution in [0.25, 0.3) is 0 Å². The lowest BCUT2D eigenvalue weighted by Crippen LogP contribution is -2.42. The van der Waals surface area contributed by atoms with E-state index in [2.05, 4.69) is 4.99 Å². The fourth-order valence-electron chi connectivity index (χ4n) is 2.38. The number of rotatable bonds is 8. The van der Waals surface area contributed by atoms with E-state index in [4.69, 9.17) is 19.6 Å². The molecule has 0 saturated heterocycles. The Morgan fingerprint density at radius 2 is 2.07 bits per heavy atom. The Bertz CT molecular complexity index is 986. The van der Waals surface area contributed by atoms with Gasteiger partial charge in [-0.1, -0.05) is 0 Å². The molecule has 1 aliphatic heterocycles. The number of carbonyl (C=O) groups excluding carboxylic acids is 1. The number of carbonyl (C=O) groups is 1. The van der Waals surface area contributed by atoms with Crippen molar-refractivity contribution < 1.29 is 29.0 Å². The number of esters is 1. The van der Waals surface area contributed by atoms with Crippen LogP contribution in [0.15, 0.2) is 34.8 Å². The van der Waals surface area contributed by atoms with Crippen molar-refractivity contribution in [2.75, 3.05) is 20.0 Å². The van der Waals surface area contributed by atoms with Crippen molar-refractivity contribution in [3.8, 4) is 11.8 Å². The monoisotopic (exact) mass is 437 g/mol. The van der Waals surface area contributed by atoms with E-state index in [9.17, 15) is 25.0 Å². The average molecular weight is 437 g/mol. The lowest BCUT2D eigenvalue weighted by Gasteiger charge is -2.30. The molecule has 1 aromatic rings. The second-order valence-corrected chi connectivity index (χ2v) is 6.23. The average Bonchev–Trinajstić information content (AvgIpc) is 2.72. The smallest absolute Gasteiger partial charge is 0.364 e. The molecular formula is C16H15N5O8S. The predicted octanol–water partition coefficient (Wildman–Crippen LogP) is 1.82. The number of hydrogen-bond acceptors (Lipinski definition) is 12. The van der Waals surface area contributed by atoms with Gasteiger partial charge in [0, 0.05) is 12.1 Å². The normalized spacial score (nSPS) is 15.9. The van der Waals surface area contributed by atoms with Gasteiger partial charge in [0.15, 0.2) is 5.50 Å². The first-order chi connectivity index (χ1) is 14.3. The number of nitro groups is 2. The molecule has 0 saturated carbocycles. The lowest BCUT2D eigenvalue weighted by atomic mass is 10.2. The minimum atomic E-state index is -1.07. The van der Waals surface area contributed by atoms with Gasteiger partial charge in [-0.15, -0.1) is 11.8 Å². The molecule has 30 heavy (non-hydrogen) atoms. The zero-order valence-electron chi connectivity index (χ0n) is 15.9. The molecule has 1 aliphatic rings. The molecule has 1 atom stereocenters. The van der Waals surface area contributed by atoms with Crippen LogP contribution in [0.2, 0.25) is 0 Å². The standard InChI is InChI=1S/C16H15N5O8S/c1-4-28-15(22)12-13(21(25)26)14(19(27-2)16(18-12)30-3)29-11-7-9(8-17)5-6-10(11)20(23)24/h5-7,16H,4H2,1-3H3. The molecular weight excluding hydrogens is 422 g/mol. The van der Waals surface area contributed by atoms with E-state index in [1.54, 1.807) is 12.3 Å². The number of hydroxylamine groups is 2. The Morgan fingerprint density at radius 1 is 1.37 bits per heavy atom. The van der Waals surface area contributed by atoms with Crippen molar-refractivity contribution in [3.05, 3.63) is 55.6 Å². The largest absolute Gasteiger partial charge is 0.461 e. The number of nitro benzene ring substituents is 1. The number of nitrogens with zero attached hydrogens (tertiary/aromatic N) is 5. The van der Waals surface area contributed by atoms with E-state index in [1.807, 2.05) is 0 Å². The summed E-state index contributed by atoms with van der Waals surface area (Å²) in [7, 11) is 1.18. The van der Waals surface area contributed by atoms with E-state index in [-0.39, 0.29) is 12.2 Å². The quantitative estimate of drug-likeness (QED) is 0.330. The van der Waals surface area contributed by atoms with E-state index in [1.165, 1.54) is 20.1 Å². The van der Waals surface area contributed by atoms with E-state index < -0.39 is 50.0 Å². The fraction of sp³-hybridized carbons (Fsp3) is 0.312. The van der Waals surface area contributed by atoms with Crippen molar-refractivity contribution in [1.82, 2.24) is 5.06 Å². The first kappa shape index (κ1) is 22.6. The van der Waals surface area contributed by atoms with Gasteiger partial charge in [-0.3, -0.25) is 25.1 Å². The minimum Gasteiger partial charge on any atom is -0.461 e. The van der Waals surface area contributed by atoms with Crippen molar-refractivity contribution >= 4 is 29.1 Å². The third-order valence-corrected chi connectivity index (χ3v) is 4.34. The lowest BCUT2D eigenvalue weighted by molar-refractivity contribution is -0.421. The van der Waals surface area contributed by atoms with Gasteiger partial charge < -0.3 is 9.47 Å². The summed E-state index contributed by atoms with van der Waals surface area (Å²) in [4.78, 5) is 42.8.